The summed E-state index contributed by atoms with van der Waals surface area (Å²) in [6, 6.07) is 0. The van der Waals surface area contributed by atoms with Crippen LogP contribution in [-0.2, 0) is 14.2 Å². The van der Waals surface area contributed by atoms with Gasteiger partial charge in [0.15, 0.2) is 5.79 Å². The van der Waals surface area contributed by atoms with E-state index >= 15 is 0 Å². The van der Waals surface area contributed by atoms with Crippen molar-refractivity contribution >= 4 is 0 Å². The van der Waals surface area contributed by atoms with Gasteiger partial charge in [0.2, 0.25) is 0 Å². The smallest absolute Gasteiger partial charge is 0.192 e. The summed E-state index contributed by atoms with van der Waals surface area (Å²) in [5, 5.41) is 10.4. The summed E-state index contributed by atoms with van der Waals surface area (Å²) < 4.78 is 17.5. The van der Waals surface area contributed by atoms with Gasteiger partial charge in [0, 0.05) is 6.42 Å². The normalized spacial score (nSPS) is 33.5. The Balaban J connectivity index is 1.83. The third-order valence-electron chi connectivity index (χ3n) is 4.72. The molecule has 20 heavy (non-hydrogen) atoms. The topological polar surface area (TPSA) is 47.9 Å². The Labute approximate surface area is 122 Å². The van der Waals surface area contributed by atoms with Gasteiger partial charge in [-0.1, -0.05) is 39.0 Å². The summed E-state index contributed by atoms with van der Waals surface area (Å²) in [5.74, 6) is -0.596. The van der Waals surface area contributed by atoms with E-state index in [-0.39, 0.29) is 0 Å². The lowest BCUT2D eigenvalue weighted by molar-refractivity contribution is -0.213. The molecule has 2 atom stereocenters. The molecular formula is C16H30O4. The van der Waals surface area contributed by atoms with Crippen molar-refractivity contribution in [3.05, 3.63) is 0 Å². The first kappa shape index (κ1) is 16.2. The van der Waals surface area contributed by atoms with E-state index in [4.69, 9.17) is 14.2 Å². The Morgan fingerprint density at radius 2 is 1.75 bits per heavy atom. The molecule has 118 valence electrons. The minimum absolute atomic E-state index is 0.430. The van der Waals surface area contributed by atoms with Crippen molar-refractivity contribution in [1.29, 1.82) is 0 Å². The Bertz CT molecular complexity index is 288. The SMILES string of the molecule is CCCCCCCC1(C)OCC2(CCC1O)OCCO2. The lowest BCUT2D eigenvalue weighted by Crippen LogP contribution is -2.42. The summed E-state index contributed by atoms with van der Waals surface area (Å²) in [7, 11) is 0. The fraction of sp³-hybridized carbons (Fsp3) is 1.00. The van der Waals surface area contributed by atoms with Crippen LogP contribution in [0.15, 0.2) is 0 Å². The molecule has 2 rings (SSSR count). The van der Waals surface area contributed by atoms with E-state index in [0.29, 0.717) is 26.2 Å². The predicted octanol–water partition coefficient (Wildman–Crippen LogP) is 3.02. The Kier molecular flexibility index (Phi) is 5.84. The van der Waals surface area contributed by atoms with Crippen LogP contribution in [0.4, 0.5) is 0 Å². The summed E-state index contributed by atoms with van der Waals surface area (Å²) in [5.41, 5.74) is -0.453. The van der Waals surface area contributed by atoms with Crippen LogP contribution in [0, 0.1) is 0 Å². The van der Waals surface area contributed by atoms with E-state index in [1.54, 1.807) is 0 Å². The fourth-order valence-electron chi connectivity index (χ4n) is 3.15. The van der Waals surface area contributed by atoms with Crippen LogP contribution in [0.2, 0.25) is 0 Å². The lowest BCUT2D eigenvalue weighted by Gasteiger charge is -2.33. The van der Waals surface area contributed by atoms with Crippen LogP contribution in [-0.4, -0.2) is 42.4 Å². The second-order valence-electron chi connectivity index (χ2n) is 6.43. The van der Waals surface area contributed by atoms with Gasteiger partial charge in [-0.05, 0) is 19.8 Å². The van der Waals surface area contributed by atoms with Crippen LogP contribution in [0.1, 0.15) is 65.2 Å². The van der Waals surface area contributed by atoms with E-state index in [1.165, 1.54) is 25.7 Å². The first-order valence-electron chi connectivity index (χ1n) is 8.20. The van der Waals surface area contributed by atoms with Crippen molar-refractivity contribution in [2.45, 2.75) is 82.7 Å². The Morgan fingerprint density at radius 3 is 2.45 bits per heavy atom. The molecule has 2 fully saturated rings. The minimum Gasteiger partial charge on any atom is -0.390 e. The van der Waals surface area contributed by atoms with Crippen LogP contribution < -0.4 is 0 Å². The number of ether oxygens (including phenoxy) is 3. The minimum atomic E-state index is -0.596. The second-order valence-corrected chi connectivity index (χ2v) is 6.43. The molecule has 1 spiro atoms. The molecular weight excluding hydrogens is 256 g/mol. The van der Waals surface area contributed by atoms with Crippen molar-refractivity contribution < 1.29 is 19.3 Å². The second kappa shape index (κ2) is 7.21. The number of hydrogen-bond acceptors (Lipinski definition) is 4. The maximum absolute atomic E-state index is 10.4. The highest BCUT2D eigenvalue weighted by atomic mass is 16.8. The molecule has 0 amide bonds. The molecule has 0 aromatic rings. The standard InChI is InChI=1S/C16H30O4/c1-3-4-5-6-7-9-15(2)14(17)8-10-16(13-20-15)18-11-12-19-16/h14,17H,3-13H2,1-2H3. The fourth-order valence-corrected chi connectivity index (χ4v) is 3.15. The van der Waals surface area contributed by atoms with Gasteiger partial charge in [-0.25, -0.2) is 0 Å². The molecule has 0 radical (unpaired) electrons. The van der Waals surface area contributed by atoms with Crippen LogP contribution >= 0.6 is 0 Å². The maximum atomic E-state index is 10.4. The van der Waals surface area contributed by atoms with E-state index < -0.39 is 17.5 Å². The van der Waals surface area contributed by atoms with Crippen molar-refractivity contribution in [3.8, 4) is 0 Å². The first-order valence-corrected chi connectivity index (χ1v) is 8.20. The molecule has 0 aliphatic carbocycles. The zero-order valence-electron chi connectivity index (χ0n) is 13.0. The predicted molar refractivity (Wildman–Crippen MR) is 77.6 cm³/mol. The molecule has 0 aromatic heterocycles. The molecule has 2 aliphatic heterocycles. The average molecular weight is 286 g/mol. The van der Waals surface area contributed by atoms with Gasteiger partial charge in [0.05, 0.1) is 24.9 Å². The van der Waals surface area contributed by atoms with Gasteiger partial charge in [0.25, 0.3) is 0 Å². The van der Waals surface area contributed by atoms with Crippen LogP contribution in [0.3, 0.4) is 0 Å². The van der Waals surface area contributed by atoms with Crippen molar-refractivity contribution in [2.75, 3.05) is 19.8 Å². The monoisotopic (exact) mass is 286 g/mol. The quantitative estimate of drug-likeness (QED) is 0.763. The van der Waals surface area contributed by atoms with E-state index in [1.807, 2.05) is 6.92 Å². The summed E-state index contributed by atoms with van der Waals surface area (Å²) in [6.45, 7) is 5.96. The van der Waals surface area contributed by atoms with Gasteiger partial charge in [-0.2, -0.15) is 0 Å². The van der Waals surface area contributed by atoms with Crippen LogP contribution in [0.25, 0.3) is 0 Å². The van der Waals surface area contributed by atoms with Gasteiger partial charge in [-0.15, -0.1) is 0 Å². The number of unbranched alkanes of at least 4 members (excludes halogenated alkanes) is 4. The highest BCUT2D eigenvalue weighted by molar-refractivity contribution is 4.91. The third-order valence-corrected chi connectivity index (χ3v) is 4.72. The Hall–Kier alpha value is -0.160. The summed E-state index contributed by atoms with van der Waals surface area (Å²) >= 11 is 0. The molecule has 0 aromatic carbocycles. The third kappa shape index (κ3) is 3.94. The zero-order chi connectivity index (χ0) is 14.5. The highest BCUT2D eigenvalue weighted by Gasteiger charge is 2.46. The molecule has 4 heteroatoms. The molecule has 1 N–H and O–H groups in total. The maximum Gasteiger partial charge on any atom is 0.192 e. The van der Waals surface area contributed by atoms with Crippen molar-refractivity contribution in [3.63, 3.8) is 0 Å². The number of aliphatic hydroxyl groups excluding tert-OH is 1. The molecule has 0 bridgehead atoms. The molecule has 2 heterocycles. The first-order chi connectivity index (χ1) is 9.60. The number of rotatable bonds is 6. The van der Waals surface area contributed by atoms with Crippen LogP contribution in [0.5, 0.6) is 0 Å². The van der Waals surface area contributed by atoms with E-state index in [0.717, 1.165) is 19.3 Å². The molecule has 2 unspecified atom stereocenters. The average Bonchev–Trinajstić information content (AvgIpc) is 2.87. The largest absolute Gasteiger partial charge is 0.390 e. The summed E-state index contributed by atoms with van der Waals surface area (Å²) in [6.07, 6.45) is 8.05. The van der Waals surface area contributed by atoms with E-state index in [2.05, 4.69) is 6.92 Å². The highest BCUT2D eigenvalue weighted by Crippen LogP contribution is 2.36. The van der Waals surface area contributed by atoms with Gasteiger partial charge < -0.3 is 19.3 Å². The molecule has 2 aliphatic rings. The molecule has 0 saturated carbocycles. The zero-order valence-corrected chi connectivity index (χ0v) is 13.0. The van der Waals surface area contributed by atoms with Crippen molar-refractivity contribution in [1.82, 2.24) is 0 Å². The van der Waals surface area contributed by atoms with Crippen molar-refractivity contribution in [2.24, 2.45) is 0 Å². The molecule has 4 nitrogen and oxygen atoms in total. The van der Waals surface area contributed by atoms with Gasteiger partial charge in [0.1, 0.15) is 6.61 Å². The number of hydrogen-bond donors (Lipinski definition) is 1. The molecule has 2 saturated heterocycles. The number of aliphatic hydroxyl groups is 1. The lowest BCUT2D eigenvalue weighted by atomic mass is 9.89. The van der Waals surface area contributed by atoms with Gasteiger partial charge >= 0.3 is 0 Å². The Morgan fingerprint density at radius 1 is 1.05 bits per heavy atom. The summed E-state index contributed by atoms with van der Waals surface area (Å²) in [4.78, 5) is 0. The van der Waals surface area contributed by atoms with E-state index in [9.17, 15) is 5.11 Å². The van der Waals surface area contributed by atoms with Gasteiger partial charge in [-0.3, -0.25) is 0 Å².